The Morgan fingerprint density at radius 3 is 1.93 bits per heavy atom. The summed E-state index contributed by atoms with van der Waals surface area (Å²) in [7, 11) is 0. The van der Waals surface area contributed by atoms with Gasteiger partial charge in [0, 0.05) is 64.7 Å². The lowest BCUT2D eigenvalue weighted by atomic mass is 9.80. The summed E-state index contributed by atoms with van der Waals surface area (Å²) in [5, 5.41) is 8.19. The second kappa shape index (κ2) is 19.1. The summed E-state index contributed by atoms with van der Waals surface area (Å²) < 4.78 is 0. The zero-order valence-electron chi connectivity index (χ0n) is 41.1. The first-order valence-electron chi connectivity index (χ1n) is 25.2. The Hall–Kier alpha value is -8.47. The van der Waals surface area contributed by atoms with Gasteiger partial charge in [-0.2, -0.15) is 0 Å². The van der Waals surface area contributed by atoms with Crippen LogP contribution in [0.25, 0.3) is 99.4 Å². The molecule has 71 heavy (non-hydrogen) atoms. The first kappa shape index (κ1) is 45.0. The number of hydrogen-bond acceptors (Lipinski definition) is 4. The molecular formula is C67H56N4. The van der Waals surface area contributed by atoms with Crippen molar-refractivity contribution in [3.63, 3.8) is 0 Å². The van der Waals surface area contributed by atoms with E-state index in [9.17, 15) is 0 Å². The Morgan fingerprint density at radius 2 is 1.18 bits per heavy atom. The summed E-state index contributed by atoms with van der Waals surface area (Å²) >= 11 is 0. The van der Waals surface area contributed by atoms with Crippen LogP contribution in [0, 0.1) is 5.92 Å². The number of fused-ring (bicyclic) bond motifs is 8. The zero-order valence-corrected chi connectivity index (χ0v) is 41.1. The fourth-order valence-electron chi connectivity index (χ4n) is 11.4. The van der Waals surface area contributed by atoms with Gasteiger partial charge < -0.3 is 5.32 Å². The average Bonchev–Trinajstić information content (AvgIpc) is 3.93. The van der Waals surface area contributed by atoms with Gasteiger partial charge in [-0.25, -0.2) is 0 Å². The van der Waals surface area contributed by atoms with E-state index in [4.69, 9.17) is 16.5 Å². The van der Waals surface area contributed by atoms with Crippen LogP contribution in [0.15, 0.2) is 207 Å². The SMILES string of the molecule is C=C1c2c(-c3cc4c5c(cccc5c3)C3=C(\c5cccc6cccnc56)C(C)/C=C\C=C/C/C(c5cccc6cccnc56)=C\34)cccc2-c2c(C3=CC=CNC3)ccc(-c3cccnc3)c21.CC.CC. The van der Waals surface area contributed by atoms with Crippen molar-refractivity contribution in [2.75, 3.05) is 6.54 Å². The number of pyridine rings is 3. The monoisotopic (exact) mass is 916 g/mol. The molecule has 3 aromatic heterocycles. The number of dihydropyridines is 1. The summed E-state index contributed by atoms with van der Waals surface area (Å²) in [6.45, 7) is 16.1. The zero-order chi connectivity index (χ0) is 48.6. The molecule has 0 fully saturated rings. The molecule has 1 N–H and O–H groups in total. The van der Waals surface area contributed by atoms with E-state index in [1.165, 1.54) is 83.1 Å². The fourth-order valence-corrected chi connectivity index (χ4v) is 11.4. The van der Waals surface area contributed by atoms with Crippen LogP contribution in [0.1, 0.15) is 80.0 Å². The minimum absolute atomic E-state index is 0.0590. The van der Waals surface area contributed by atoms with E-state index in [0.29, 0.717) is 0 Å². The smallest absolute Gasteiger partial charge is 0.0777 e. The van der Waals surface area contributed by atoms with Gasteiger partial charge in [-0.15, -0.1) is 0 Å². The van der Waals surface area contributed by atoms with E-state index < -0.39 is 0 Å². The summed E-state index contributed by atoms with van der Waals surface area (Å²) in [6, 6.07) is 49.0. The van der Waals surface area contributed by atoms with Crippen molar-refractivity contribution in [2.45, 2.75) is 41.0 Å². The molecule has 1 unspecified atom stereocenters. The molecule has 344 valence electrons. The highest BCUT2D eigenvalue weighted by Gasteiger charge is 2.35. The van der Waals surface area contributed by atoms with Crippen LogP contribution in [0.2, 0.25) is 0 Å². The van der Waals surface area contributed by atoms with Gasteiger partial charge in [0.2, 0.25) is 0 Å². The third-order valence-electron chi connectivity index (χ3n) is 14.2. The van der Waals surface area contributed by atoms with Gasteiger partial charge in [-0.05, 0) is 149 Å². The first-order valence-corrected chi connectivity index (χ1v) is 25.2. The van der Waals surface area contributed by atoms with E-state index in [-0.39, 0.29) is 5.92 Å². The highest BCUT2D eigenvalue weighted by molar-refractivity contribution is 6.34. The number of aromatic nitrogens is 3. The van der Waals surface area contributed by atoms with Gasteiger partial charge >= 0.3 is 0 Å². The molecule has 9 aromatic rings. The fraction of sp³-hybridized carbons (Fsp3) is 0.119. The van der Waals surface area contributed by atoms with Gasteiger partial charge in [0.25, 0.3) is 0 Å². The highest BCUT2D eigenvalue weighted by Crippen LogP contribution is 2.58. The Kier molecular flexibility index (Phi) is 12.1. The van der Waals surface area contributed by atoms with E-state index in [1.807, 2.05) is 76.9 Å². The molecular weight excluding hydrogens is 861 g/mol. The van der Waals surface area contributed by atoms with Crippen LogP contribution >= 0.6 is 0 Å². The largest absolute Gasteiger partial charge is 0.387 e. The molecule has 1 atom stereocenters. The normalized spacial score (nSPS) is 18.3. The minimum atomic E-state index is 0.0590. The van der Waals surface area contributed by atoms with Gasteiger partial charge in [-0.1, -0.05) is 175 Å². The molecule has 4 heteroatoms. The van der Waals surface area contributed by atoms with Gasteiger partial charge in [-0.3, -0.25) is 15.0 Å². The molecule has 4 aliphatic rings. The number of hydrogen-bond donors (Lipinski definition) is 1. The maximum atomic E-state index is 5.08. The Labute approximate surface area is 417 Å². The first-order chi connectivity index (χ1) is 35.1. The maximum absolute atomic E-state index is 5.08. The summed E-state index contributed by atoms with van der Waals surface area (Å²) in [6.07, 6.45) is 23.8. The number of para-hydroxylation sites is 2. The van der Waals surface area contributed by atoms with Gasteiger partial charge in [0.05, 0.1) is 11.0 Å². The van der Waals surface area contributed by atoms with Gasteiger partial charge in [0.15, 0.2) is 0 Å². The third kappa shape index (κ3) is 7.50. The minimum Gasteiger partial charge on any atom is -0.387 e. The molecule has 0 spiro atoms. The lowest BCUT2D eigenvalue weighted by Gasteiger charge is -2.23. The number of rotatable bonds is 5. The van der Waals surface area contributed by atoms with Crippen LogP contribution in [0.3, 0.4) is 0 Å². The van der Waals surface area contributed by atoms with Crippen LogP contribution in [0.5, 0.6) is 0 Å². The van der Waals surface area contributed by atoms with Crippen molar-refractivity contribution in [3.8, 4) is 33.4 Å². The molecule has 6 aromatic carbocycles. The second-order valence-corrected chi connectivity index (χ2v) is 17.9. The summed E-state index contributed by atoms with van der Waals surface area (Å²) in [4.78, 5) is 14.7. The number of benzene rings is 6. The molecule has 13 rings (SSSR count). The molecule has 0 saturated carbocycles. The summed E-state index contributed by atoms with van der Waals surface area (Å²) in [5.74, 6) is 0.0590. The number of nitrogens with one attached hydrogen (secondary N) is 1. The van der Waals surface area contributed by atoms with Crippen molar-refractivity contribution in [1.29, 1.82) is 0 Å². The maximum Gasteiger partial charge on any atom is 0.0777 e. The number of nitrogens with zero attached hydrogens (tertiary/aromatic N) is 3. The van der Waals surface area contributed by atoms with Crippen LogP contribution in [-0.2, 0) is 0 Å². The van der Waals surface area contributed by atoms with E-state index in [0.717, 1.165) is 68.2 Å². The predicted octanol–water partition coefficient (Wildman–Crippen LogP) is 17.2. The molecule has 0 bridgehead atoms. The van der Waals surface area contributed by atoms with Crippen molar-refractivity contribution < 1.29 is 0 Å². The molecule has 0 radical (unpaired) electrons. The van der Waals surface area contributed by atoms with E-state index in [1.54, 1.807) is 0 Å². The summed E-state index contributed by atoms with van der Waals surface area (Å²) in [5.41, 5.74) is 24.7. The molecule has 0 saturated heterocycles. The van der Waals surface area contributed by atoms with Crippen LogP contribution < -0.4 is 5.32 Å². The lowest BCUT2D eigenvalue weighted by molar-refractivity contribution is 0.968. The van der Waals surface area contributed by atoms with Gasteiger partial charge in [0.1, 0.15) is 0 Å². The highest BCUT2D eigenvalue weighted by atomic mass is 14.8. The van der Waals surface area contributed by atoms with Crippen LogP contribution in [-0.4, -0.2) is 21.5 Å². The Morgan fingerprint density at radius 1 is 0.535 bits per heavy atom. The standard InChI is InChI=1S/C63H44N4.2C2H6/c1-38-14-4-3-5-22-49(50-24-6-15-40-18-12-32-66-62(40)50)60-54-35-45(34-42-17-8-25-52(58(42)54)61(60)55(38)53-27-7-16-41-19-13-33-67-63(41)53)46-23-9-26-51-56(46)39(2)57-47(43-20-10-30-64-36-43)28-29-48(59(51)57)44-21-11-31-65-37-44;2*1-2/h3-21,23-36,38,65H,2,22,37H2,1H3;2*1-2H3/b5-3-,14-4-,60-49+,61-55+;;. The van der Waals surface area contributed by atoms with E-state index >= 15 is 0 Å². The lowest BCUT2D eigenvalue weighted by Crippen LogP contribution is -2.12. The average molecular weight is 917 g/mol. The third-order valence-corrected chi connectivity index (χ3v) is 14.2. The van der Waals surface area contributed by atoms with Crippen LogP contribution in [0.4, 0.5) is 0 Å². The van der Waals surface area contributed by atoms with Crippen molar-refractivity contribution in [2.24, 2.45) is 5.92 Å². The Bertz CT molecular complexity index is 3790. The molecule has 4 nitrogen and oxygen atoms in total. The van der Waals surface area contributed by atoms with E-state index in [2.05, 4.69) is 169 Å². The molecule has 4 heterocycles. The quantitative estimate of drug-likeness (QED) is 0.187. The predicted molar refractivity (Wildman–Crippen MR) is 303 cm³/mol. The molecule has 3 aliphatic carbocycles. The Balaban J connectivity index is 0.00000134. The molecule has 0 amide bonds. The topological polar surface area (TPSA) is 50.7 Å². The van der Waals surface area contributed by atoms with Crippen molar-refractivity contribution >= 4 is 66.0 Å². The second-order valence-electron chi connectivity index (χ2n) is 17.9. The van der Waals surface area contributed by atoms with Crippen molar-refractivity contribution in [1.82, 2.24) is 20.3 Å². The van der Waals surface area contributed by atoms with Crippen molar-refractivity contribution in [3.05, 3.63) is 246 Å². The molecule has 1 aliphatic heterocycles. The number of allylic oxidation sites excluding steroid dienone is 10.